The minimum absolute atomic E-state index is 0.0137. The van der Waals surface area contributed by atoms with Gasteiger partial charge in [0.15, 0.2) is 0 Å². The van der Waals surface area contributed by atoms with Gasteiger partial charge >= 0.3 is 5.97 Å². The Kier molecular flexibility index (Phi) is 7.15. The van der Waals surface area contributed by atoms with Crippen LogP contribution in [0.4, 0.5) is 0 Å². The monoisotopic (exact) mass is 341 g/mol. The largest absolute Gasteiger partial charge is 0.491 e. The maximum absolute atomic E-state index is 11.5. The summed E-state index contributed by atoms with van der Waals surface area (Å²) in [5, 5.41) is 0. The lowest BCUT2D eigenvalue weighted by atomic mass is 9.88. The molecular weight excluding hydrogens is 318 g/mol. The van der Waals surface area contributed by atoms with E-state index in [0.29, 0.717) is 24.9 Å². The molecule has 1 aliphatic carbocycles. The number of carbonyl (C=O) groups excluding carboxylic acids is 1. The van der Waals surface area contributed by atoms with E-state index in [2.05, 4.69) is 4.90 Å². The number of hydrogen-bond acceptors (Lipinski definition) is 5. The van der Waals surface area contributed by atoms with Gasteiger partial charge in [-0.3, -0.25) is 0 Å². The van der Waals surface area contributed by atoms with Gasteiger partial charge in [-0.1, -0.05) is 6.08 Å². The minimum Gasteiger partial charge on any atom is -0.491 e. The Morgan fingerprint density at radius 1 is 1.30 bits per heavy atom. The van der Waals surface area contributed by atoms with Gasteiger partial charge < -0.3 is 19.1 Å². The summed E-state index contributed by atoms with van der Waals surface area (Å²) in [6.07, 6.45) is 7.84. The summed E-state index contributed by atoms with van der Waals surface area (Å²) >= 11 is 5.88. The fourth-order valence-electron chi connectivity index (χ4n) is 2.51. The SMILES string of the molecule is CN(C)CCCOCCOC1=CC2OC(=O)C=C(CCl)C2C=C1. The first-order valence-electron chi connectivity index (χ1n) is 7.82. The van der Waals surface area contributed by atoms with Crippen LogP contribution in [0.5, 0.6) is 0 Å². The van der Waals surface area contributed by atoms with E-state index in [9.17, 15) is 4.79 Å². The van der Waals surface area contributed by atoms with Crippen molar-refractivity contribution in [1.82, 2.24) is 4.90 Å². The zero-order valence-electron chi connectivity index (χ0n) is 13.7. The van der Waals surface area contributed by atoms with Crippen LogP contribution in [0.1, 0.15) is 6.42 Å². The fourth-order valence-corrected chi connectivity index (χ4v) is 2.77. The number of alkyl halides is 1. The summed E-state index contributed by atoms with van der Waals surface area (Å²) in [7, 11) is 4.09. The van der Waals surface area contributed by atoms with Gasteiger partial charge in [-0.05, 0) is 44.8 Å². The van der Waals surface area contributed by atoms with Gasteiger partial charge in [0.2, 0.25) is 0 Å². The molecule has 0 aromatic rings. The molecule has 1 heterocycles. The highest BCUT2D eigenvalue weighted by molar-refractivity contribution is 6.19. The fraction of sp³-hybridized carbons (Fsp3) is 0.588. The minimum atomic E-state index is -0.350. The molecule has 0 bridgehead atoms. The third kappa shape index (κ3) is 5.68. The van der Waals surface area contributed by atoms with Crippen molar-refractivity contribution in [3.63, 3.8) is 0 Å². The molecule has 0 saturated heterocycles. The van der Waals surface area contributed by atoms with Crippen LogP contribution in [-0.4, -0.2) is 63.3 Å². The summed E-state index contributed by atoms with van der Waals surface area (Å²) < 4.78 is 16.5. The average molecular weight is 342 g/mol. The first-order valence-corrected chi connectivity index (χ1v) is 8.36. The van der Waals surface area contributed by atoms with Gasteiger partial charge in [0.25, 0.3) is 0 Å². The molecule has 0 amide bonds. The number of ether oxygens (including phenoxy) is 3. The van der Waals surface area contributed by atoms with E-state index in [4.69, 9.17) is 25.8 Å². The van der Waals surface area contributed by atoms with Gasteiger partial charge in [0.1, 0.15) is 18.5 Å². The van der Waals surface area contributed by atoms with Crippen molar-refractivity contribution in [2.75, 3.05) is 46.3 Å². The second-order valence-corrected chi connectivity index (χ2v) is 6.09. The van der Waals surface area contributed by atoms with Crippen LogP contribution in [0.3, 0.4) is 0 Å². The topological polar surface area (TPSA) is 48.0 Å². The molecule has 2 rings (SSSR count). The lowest BCUT2D eigenvalue weighted by Gasteiger charge is -2.30. The lowest BCUT2D eigenvalue weighted by Crippen LogP contribution is -2.32. The van der Waals surface area contributed by atoms with Gasteiger partial charge in [0.05, 0.1) is 6.61 Å². The molecule has 0 aromatic heterocycles. The predicted octanol–water partition coefficient (Wildman–Crippen LogP) is 2.13. The van der Waals surface area contributed by atoms with Crippen molar-refractivity contribution in [3.8, 4) is 0 Å². The Hall–Kier alpha value is -1.30. The van der Waals surface area contributed by atoms with Gasteiger partial charge in [-0.25, -0.2) is 4.79 Å². The third-order valence-electron chi connectivity index (χ3n) is 3.68. The van der Waals surface area contributed by atoms with Crippen molar-refractivity contribution in [2.24, 2.45) is 5.92 Å². The Bertz CT molecular complexity index is 499. The van der Waals surface area contributed by atoms with Crippen LogP contribution in [0, 0.1) is 5.92 Å². The van der Waals surface area contributed by atoms with E-state index in [1.54, 1.807) is 0 Å². The second-order valence-electron chi connectivity index (χ2n) is 5.83. The number of halogens is 1. The van der Waals surface area contributed by atoms with Crippen LogP contribution in [0.15, 0.2) is 35.6 Å². The van der Waals surface area contributed by atoms with Gasteiger partial charge in [0, 0.05) is 24.5 Å². The maximum Gasteiger partial charge on any atom is 0.331 e. The Morgan fingerprint density at radius 2 is 2.13 bits per heavy atom. The zero-order valence-corrected chi connectivity index (χ0v) is 14.4. The molecule has 0 N–H and O–H groups in total. The molecule has 5 nitrogen and oxygen atoms in total. The number of allylic oxidation sites excluding steroid dienone is 1. The summed E-state index contributed by atoms with van der Waals surface area (Å²) in [5.41, 5.74) is 0.878. The molecule has 128 valence electrons. The molecule has 1 aliphatic heterocycles. The Balaban J connectivity index is 1.71. The zero-order chi connectivity index (χ0) is 16.7. The number of carbonyl (C=O) groups is 1. The highest BCUT2D eigenvalue weighted by Crippen LogP contribution is 2.30. The van der Waals surface area contributed by atoms with E-state index >= 15 is 0 Å². The van der Waals surface area contributed by atoms with E-state index in [-0.39, 0.29) is 18.0 Å². The molecule has 2 atom stereocenters. The third-order valence-corrected chi connectivity index (χ3v) is 3.99. The molecule has 2 aliphatic rings. The predicted molar refractivity (Wildman–Crippen MR) is 89.3 cm³/mol. The van der Waals surface area contributed by atoms with Gasteiger partial charge in [-0.2, -0.15) is 0 Å². The van der Waals surface area contributed by atoms with E-state index in [0.717, 1.165) is 25.1 Å². The molecule has 0 fully saturated rings. The molecule has 6 heteroatoms. The normalized spacial score (nSPS) is 23.2. The first-order chi connectivity index (χ1) is 11.1. The van der Waals surface area contributed by atoms with Crippen LogP contribution in [-0.2, 0) is 19.0 Å². The summed E-state index contributed by atoms with van der Waals surface area (Å²) in [4.78, 5) is 13.7. The van der Waals surface area contributed by atoms with Crippen molar-refractivity contribution in [2.45, 2.75) is 12.5 Å². The van der Waals surface area contributed by atoms with Crippen LogP contribution in [0.25, 0.3) is 0 Å². The summed E-state index contributed by atoms with van der Waals surface area (Å²) in [6, 6.07) is 0. The molecule has 0 radical (unpaired) electrons. The smallest absolute Gasteiger partial charge is 0.331 e. The second kappa shape index (κ2) is 9.11. The number of rotatable bonds is 9. The highest BCUT2D eigenvalue weighted by atomic mass is 35.5. The quantitative estimate of drug-likeness (QED) is 0.365. The van der Waals surface area contributed by atoms with Crippen molar-refractivity contribution in [3.05, 3.63) is 35.6 Å². The lowest BCUT2D eigenvalue weighted by molar-refractivity contribution is -0.143. The van der Waals surface area contributed by atoms with Crippen molar-refractivity contribution in [1.29, 1.82) is 0 Å². The van der Waals surface area contributed by atoms with Crippen molar-refractivity contribution >= 4 is 17.6 Å². The van der Waals surface area contributed by atoms with Crippen LogP contribution >= 0.6 is 11.6 Å². The number of esters is 1. The number of fused-ring (bicyclic) bond motifs is 1. The summed E-state index contributed by atoms with van der Waals surface area (Å²) in [6.45, 7) is 2.75. The molecule has 23 heavy (non-hydrogen) atoms. The van der Waals surface area contributed by atoms with Gasteiger partial charge in [-0.15, -0.1) is 11.6 Å². The Labute approximate surface area is 142 Å². The average Bonchev–Trinajstić information content (AvgIpc) is 2.52. The van der Waals surface area contributed by atoms with E-state index in [1.807, 2.05) is 32.3 Å². The first kappa shape index (κ1) is 18.0. The number of nitrogens with zero attached hydrogens (tertiary/aromatic N) is 1. The van der Waals surface area contributed by atoms with E-state index in [1.165, 1.54) is 6.08 Å². The van der Waals surface area contributed by atoms with Crippen LogP contribution < -0.4 is 0 Å². The standard InChI is InChI=1S/C17H24ClNO4/c1-19(2)6-3-7-21-8-9-22-14-4-5-15-13(12-18)10-17(20)23-16(15)11-14/h4-5,10-11,15-16H,3,6-9,12H2,1-2H3. The summed E-state index contributed by atoms with van der Waals surface area (Å²) in [5.74, 6) is 0.689. The molecule has 0 spiro atoms. The molecule has 2 unspecified atom stereocenters. The van der Waals surface area contributed by atoms with Crippen LogP contribution in [0.2, 0.25) is 0 Å². The van der Waals surface area contributed by atoms with Crippen molar-refractivity contribution < 1.29 is 19.0 Å². The molecule has 0 saturated carbocycles. The molecular formula is C17H24ClNO4. The highest BCUT2D eigenvalue weighted by Gasteiger charge is 2.31. The van der Waals surface area contributed by atoms with E-state index < -0.39 is 0 Å². The Morgan fingerprint density at radius 3 is 2.87 bits per heavy atom. The molecule has 0 aromatic carbocycles. The number of hydrogen-bond donors (Lipinski definition) is 0. The maximum atomic E-state index is 11.5.